The number of rotatable bonds is 2. The first kappa shape index (κ1) is 13.3. The molecule has 0 unspecified atom stereocenters. The Balaban J connectivity index is 2.09. The molecule has 1 aromatic carbocycles. The van der Waals surface area contributed by atoms with Gasteiger partial charge in [0.15, 0.2) is 0 Å². The Labute approximate surface area is 122 Å². The summed E-state index contributed by atoms with van der Waals surface area (Å²) in [5, 5.41) is 4.07. The third kappa shape index (κ3) is 2.38. The number of anilines is 1. The predicted molar refractivity (Wildman–Crippen MR) is 81.6 cm³/mol. The molecule has 0 spiro atoms. The Morgan fingerprint density at radius 3 is 2.62 bits per heavy atom. The zero-order valence-corrected chi connectivity index (χ0v) is 12.2. The van der Waals surface area contributed by atoms with Gasteiger partial charge in [0, 0.05) is 29.2 Å². The monoisotopic (exact) mass is 280 g/mol. The Hall–Kier alpha value is -2.69. The SMILES string of the molecule is Cc1cnccc1-c1noc(-c2cc(N)cc(C)c2C)n1. The van der Waals surface area contributed by atoms with Gasteiger partial charge in [-0.15, -0.1) is 0 Å². The van der Waals surface area contributed by atoms with Crippen molar-refractivity contribution in [2.24, 2.45) is 0 Å². The van der Waals surface area contributed by atoms with Crippen molar-refractivity contribution < 1.29 is 4.52 Å². The highest BCUT2D eigenvalue weighted by atomic mass is 16.5. The summed E-state index contributed by atoms with van der Waals surface area (Å²) in [6.07, 6.45) is 3.50. The summed E-state index contributed by atoms with van der Waals surface area (Å²) in [7, 11) is 0. The molecule has 0 bridgehead atoms. The first-order valence-corrected chi connectivity index (χ1v) is 6.68. The van der Waals surface area contributed by atoms with Crippen molar-refractivity contribution in [2.45, 2.75) is 20.8 Å². The molecule has 21 heavy (non-hydrogen) atoms. The molecule has 2 heterocycles. The molecule has 0 saturated heterocycles. The normalized spacial score (nSPS) is 10.8. The maximum absolute atomic E-state index is 5.91. The van der Waals surface area contributed by atoms with E-state index >= 15 is 0 Å². The number of aryl methyl sites for hydroxylation is 2. The molecule has 2 N–H and O–H groups in total. The fraction of sp³-hybridized carbons (Fsp3) is 0.188. The lowest BCUT2D eigenvalue weighted by atomic mass is 10.0. The second-order valence-electron chi connectivity index (χ2n) is 5.12. The molecule has 0 atom stereocenters. The van der Waals surface area contributed by atoms with Crippen molar-refractivity contribution in [1.29, 1.82) is 0 Å². The Bertz CT molecular complexity index is 808. The van der Waals surface area contributed by atoms with Crippen LogP contribution in [0.3, 0.4) is 0 Å². The number of pyridine rings is 1. The number of nitrogens with zero attached hydrogens (tertiary/aromatic N) is 3. The highest BCUT2D eigenvalue weighted by Gasteiger charge is 2.15. The molecule has 0 aliphatic carbocycles. The maximum Gasteiger partial charge on any atom is 0.258 e. The summed E-state index contributed by atoms with van der Waals surface area (Å²) < 4.78 is 5.41. The molecular formula is C16H16N4O. The molecule has 0 amide bonds. The van der Waals surface area contributed by atoms with Crippen molar-refractivity contribution in [3.8, 4) is 22.8 Å². The van der Waals surface area contributed by atoms with Crippen molar-refractivity contribution in [2.75, 3.05) is 5.73 Å². The molecule has 0 aliphatic heterocycles. The van der Waals surface area contributed by atoms with Crippen LogP contribution in [0.1, 0.15) is 16.7 Å². The van der Waals surface area contributed by atoms with Gasteiger partial charge in [0.2, 0.25) is 5.82 Å². The summed E-state index contributed by atoms with van der Waals surface area (Å²) in [6, 6.07) is 5.67. The molecule has 0 radical (unpaired) electrons. The van der Waals surface area contributed by atoms with E-state index in [4.69, 9.17) is 10.3 Å². The third-order valence-electron chi connectivity index (χ3n) is 3.61. The average molecular weight is 280 g/mol. The van der Waals surface area contributed by atoms with Gasteiger partial charge in [-0.3, -0.25) is 4.98 Å². The molecule has 5 nitrogen and oxygen atoms in total. The standard InChI is InChI=1S/C16H16N4O/c1-9-6-12(17)7-14(11(9)3)16-19-15(20-21-16)13-4-5-18-8-10(13)2/h4-8H,17H2,1-3H3. The second kappa shape index (κ2) is 5.01. The maximum atomic E-state index is 5.91. The van der Waals surface area contributed by atoms with Crippen LogP contribution in [0, 0.1) is 20.8 Å². The van der Waals surface area contributed by atoms with Gasteiger partial charge in [-0.1, -0.05) is 5.16 Å². The van der Waals surface area contributed by atoms with Gasteiger partial charge in [-0.2, -0.15) is 4.98 Å². The quantitative estimate of drug-likeness (QED) is 0.729. The van der Waals surface area contributed by atoms with Gasteiger partial charge in [0.05, 0.1) is 0 Å². The third-order valence-corrected chi connectivity index (χ3v) is 3.61. The van der Waals surface area contributed by atoms with Crippen LogP contribution in [0.15, 0.2) is 35.1 Å². The topological polar surface area (TPSA) is 77.8 Å². The van der Waals surface area contributed by atoms with Crippen molar-refractivity contribution >= 4 is 5.69 Å². The predicted octanol–water partition coefficient (Wildman–Crippen LogP) is 3.31. The van der Waals surface area contributed by atoms with E-state index in [9.17, 15) is 0 Å². The first-order valence-electron chi connectivity index (χ1n) is 6.68. The molecule has 3 rings (SSSR count). The molecule has 106 valence electrons. The molecule has 5 heteroatoms. The summed E-state index contributed by atoms with van der Waals surface area (Å²) in [5.41, 5.74) is 11.6. The van der Waals surface area contributed by atoms with Gasteiger partial charge in [-0.05, 0) is 55.7 Å². The summed E-state index contributed by atoms with van der Waals surface area (Å²) in [5.74, 6) is 1.04. The van der Waals surface area contributed by atoms with E-state index < -0.39 is 0 Å². The minimum atomic E-state index is 0.481. The van der Waals surface area contributed by atoms with Crippen LogP contribution in [-0.2, 0) is 0 Å². The van der Waals surface area contributed by atoms with Crippen LogP contribution < -0.4 is 5.73 Å². The molecule has 2 aromatic heterocycles. The van der Waals surface area contributed by atoms with Crippen LogP contribution in [0.4, 0.5) is 5.69 Å². The van der Waals surface area contributed by atoms with E-state index in [1.807, 2.05) is 39.0 Å². The minimum absolute atomic E-state index is 0.481. The highest BCUT2D eigenvalue weighted by Crippen LogP contribution is 2.29. The van der Waals surface area contributed by atoms with Crippen molar-refractivity contribution in [1.82, 2.24) is 15.1 Å². The van der Waals surface area contributed by atoms with Crippen LogP contribution in [0.25, 0.3) is 22.8 Å². The molecule has 3 aromatic rings. The average Bonchev–Trinajstić information content (AvgIpc) is 2.92. The lowest BCUT2D eigenvalue weighted by Gasteiger charge is -2.06. The molecular weight excluding hydrogens is 264 g/mol. The zero-order chi connectivity index (χ0) is 15.0. The summed E-state index contributed by atoms with van der Waals surface area (Å²) in [4.78, 5) is 8.56. The largest absolute Gasteiger partial charge is 0.399 e. The Morgan fingerprint density at radius 1 is 1.05 bits per heavy atom. The van der Waals surface area contributed by atoms with E-state index in [0.717, 1.165) is 27.8 Å². The summed E-state index contributed by atoms with van der Waals surface area (Å²) in [6.45, 7) is 6.00. The Kier molecular flexibility index (Phi) is 3.17. The molecule has 0 aliphatic rings. The first-order chi connectivity index (χ1) is 10.1. The number of hydrogen-bond acceptors (Lipinski definition) is 5. The van der Waals surface area contributed by atoms with Gasteiger partial charge >= 0.3 is 0 Å². The van der Waals surface area contributed by atoms with Crippen molar-refractivity contribution in [3.63, 3.8) is 0 Å². The van der Waals surface area contributed by atoms with E-state index in [1.165, 1.54) is 0 Å². The summed E-state index contributed by atoms with van der Waals surface area (Å²) >= 11 is 0. The van der Waals surface area contributed by atoms with E-state index in [0.29, 0.717) is 17.4 Å². The van der Waals surface area contributed by atoms with Gasteiger partial charge in [-0.25, -0.2) is 0 Å². The van der Waals surface area contributed by atoms with Crippen LogP contribution in [0.2, 0.25) is 0 Å². The molecule has 0 saturated carbocycles. The van der Waals surface area contributed by atoms with Gasteiger partial charge in [0.25, 0.3) is 5.89 Å². The van der Waals surface area contributed by atoms with Crippen LogP contribution in [-0.4, -0.2) is 15.1 Å². The zero-order valence-electron chi connectivity index (χ0n) is 12.2. The van der Waals surface area contributed by atoms with Crippen LogP contribution >= 0.6 is 0 Å². The number of nitrogens with two attached hydrogens (primary N) is 1. The smallest absolute Gasteiger partial charge is 0.258 e. The Morgan fingerprint density at radius 2 is 1.86 bits per heavy atom. The van der Waals surface area contributed by atoms with Crippen LogP contribution in [0.5, 0.6) is 0 Å². The number of aromatic nitrogens is 3. The van der Waals surface area contributed by atoms with Crippen molar-refractivity contribution in [3.05, 3.63) is 47.3 Å². The van der Waals surface area contributed by atoms with E-state index in [2.05, 4.69) is 15.1 Å². The van der Waals surface area contributed by atoms with Gasteiger partial charge < -0.3 is 10.3 Å². The van der Waals surface area contributed by atoms with E-state index in [1.54, 1.807) is 12.4 Å². The fourth-order valence-corrected chi connectivity index (χ4v) is 2.28. The number of nitrogen functional groups attached to an aromatic ring is 1. The van der Waals surface area contributed by atoms with E-state index in [-0.39, 0.29) is 0 Å². The van der Waals surface area contributed by atoms with Gasteiger partial charge in [0.1, 0.15) is 0 Å². The highest BCUT2D eigenvalue weighted by molar-refractivity contribution is 5.68. The lowest BCUT2D eigenvalue weighted by molar-refractivity contribution is 0.432. The second-order valence-corrected chi connectivity index (χ2v) is 5.12. The number of benzene rings is 1. The lowest BCUT2D eigenvalue weighted by Crippen LogP contribution is -1.93. The molecule has 0 fully saturated rings. The fourth-order valence-electron chi connectivity index (χ4n) is 2.28. The number of hydrogen-bond donors (Lipinski definition) is 1. The minimum Gasteiger partial charge on any atom is -0.399 e.